The third kappa shape index (κ3) is 5.15. The molecule has 3 rings (SSSR count). The third-order valence-electron chi connectivity index (χ3n) is 6.44. The van der Waals surface area contributed by atoms with Crippen LogP contribution in [0.2, 0.25) is 0 Å². The zero-order valence-electron chi connectivity index (χ0n) is 16.4. The zero-order chi connectivity index (χ0) is 18.5. The number of ether oxygens (including phenoxy) is 1. The second-order valence-electron chi connectivity index (χ2n) is 8.05. The molecule has 2 saturated heterocycles. The molecular weight excluding hydrogens is 342 g/mol. The highest BCUT2D eigenvalue weighted by Crippen LogP contribution is 2.38. The number of carbonyl (C=O) groups excluding carboxylic acids is 2. The summed E-state index contributed by atoms with van der Waals surface area (Å²) in [5.41, 5.74) is 0. The summed E-state index contributed by atoms with van der Waals surface area (Å²) < 4.78 is 5.08. The molecule has 2 heterocycles. The van der Waals surface area contributed by atoms with E-state index in [-0.39, 0.29) is 13.5 Å². The van der Waals surface area contributed by atoms with E-state index >= 15 is 0 Å². The quantitative estimate of drug-likeness (QED) is 0.734. The molecule has 2 aliphatic heterocycles. The summed E-state index contributed by atoms with van der Waals surface area (Å²) >= 11 is 0. The minimum absolute atomic E-state index is 0. The van der Waals surface area contributed by atoms with Crippen molar-refractivity contribution in [1.29, 1.82) is 0 Å². The van der Waals surface area contributed by atoms with Crippen molar-refractivity contribution in [3.63, 3.8) is 0 Å². The highest BCUT2D eigenvalue weighted by molar-refractivity contribution is 5.79. The van der Waals surface area contributed by atoms with Crippen LogP contribution in [0.25, 0.3) is 0 Å². The van der Waals surface area contributed by atoms with Gasteiger partial charge < -0.3 is 19.9 Å². The number of nitrogens with zero attached hydrogens (tertiary/aromatic N) is 2. The van der Waals surface area contributed by atoms with E-state index in [4.69, 9.17) is 4.74 Å². The van der Waals surface area contributed by atoms with Crippen LogP contribution in [0.5, 0.6) is 0 Å². The van der Waals surface area contributed by atoms with Crippen LogP contribution in [0.3, 0.4) is 0 Å². The Morgan fingerprint density at radius 3 is 2.78 bits per heavy atom. The predicted molar refractivity (Wildman–Crippen MR) is 108 cm³/mol. The van der Waals surface area contributed by atoms with E-state index in [9.17, 15) is 9.59 Å². The standard InChI is InChI=1S/C20H35N3O3.CH4/c1-3-17(23-18-8-6-5-7-15(18)13-19(23)24)9-11-21-16-10-12-22(14-16)20(25)26-4-2;/h15-18,21H,3-14H2,1-2H3;1H4/t15-,16?,17?,18?;/m1./s1. The van der Waals surface area contributed by atoms with Gasteiger partial charge in [-0.25, -0.2) is 4.79 Å². The van der Waals surface area contributed by atoms with Crippen molar-refractivity contribution in [3.05, 3.63) is 0 Å². The third-order valence-corrected chi connectivity index (χ3v) is 6.44. The Morgan fingerprint density at radius 1 is 1.26 bits per heavy atom. The lowest BCUT2D eigenvalue weighted by Crippen LogP contribution is -2.45. The van der Waals surface area contributed by atoms with Crippen LogP contribution >= 0.6 is 0 Å². The number of fused-ring (bicyclic) bond motifs is 1. The number of likely N-dealkylation sites (tertiary alicyclic amines) is 2. The lowest BCUT2D eigenvalue weighted by Gasteiger charge is -2.37. The summed E-state index contributed by atoms with van der Waals surface area (Å²) in [5.74, 6) is 0.981. The molecule has 1 N–H and O–H groups in total. The van der Waals surface area contributed by atoms with Gasteiger partial charge in [-0.05, 0) is 51.5 Å². The van der Waals surface area contributed by atoms with Crippen molar-refractivity contribution < 1.29 is 14.3 Å². The number of hydrogen-bond acceptors (Lipinski definition) is 4. The molecule has 3 aliphatic rings. The number of carbonyl (C=O) groups is 2. The van der Waals surface area contributed by atoms with E-state index in [0.717, 1.165) is 45.3 Å². The summed E-state index contributed by atoms with van der Waals surface area (Å²) in [6.07, 6.45) is 8.55. The Hall–Kier alpha value is -1.30. The molecule has 0 spiro atoms. The normalized spacial score (nSPS) is 28.7. The number of nitrogens with one attached hydrogen (secondary N) is 1. The summed E-state index contributed by atoms with van der Waals surface area (Å²) in [6, 6.07) is 1.19. The van der Waals surface area contributed by atoms with Gasteiger partial charge in [0.05, 0.1) is 6.61 Å². The van der Waals surface area contributed by atoms with Gasteiger partial charge in [0.2, 0.25) is 5.91 Å². The first kappa shape index (κ1) is 22.0. The molecule has 0 aromatic carbocycles. The first-order valence-corrected chi connectivity index (χ1v) is 10.6. The fourth-order valence-corrected chi connectivity index (χ4v) is 5.08. The molecule has 4 atom stereocenters. The van der Waals surface area contributed by atoms with Gasteiger partial charge in [-0.2, -0.15) is 0 Å². The van der Waals surface area contributed by atoms with Gasteiger partial charge in [0.15, 0.2) is 0 Å². The number of amides is 2. The van der Waals surface area contributed by atoms with Crippen molar-refractivity contribution in [1.82, 2.24) is 15.1 Å². The smallest absolute Gasteiger partial charge is 0.409 e. The largest absolute Gasteiger partial charge is 0.450 e. The Labute approximate surface area is 165 Å². The maximum absolute atomic E-state index is 12.6. The van der Waals surface area contributed by atoms with Crippen molar-refractivity contribution in [2.24, 2.45) is 5.92 Å². The second-order valence-corrected chi connectivity index (χ2v) is 8.05. The molecule has 0 aromatic rings. The van der Waals surface area contributed by atoms with Gasteiger partial charge in [-0.15, -0.1) is 0 Å². The summed E-state index contributed by atoms with van der Waals surface area (Å²) in [4.78, 5) is 28.4. The molecule has 0 bridgehead atoms. The van der Waals surface area contributed by atoms with Crippen LogP contribution in [0.15, 0.2) is 0 Å². The average molecular weight is 382 g/mol. The first-order valence-electron chi connectivity index (χ1n) is 10.6. The van der Waals surface area contributed by atoms with Crippen LogP contribution in [0.1, 0.15) is 72.6 Å². The molecule has 1 aliphatic carbocycles. The average Bonchev–Trinajstić information content (AvgIpc) is 3.23. The van der Waals surface area contributed by atoms with Crippen molar-refractivity contribution in [3.8, 4) is 0 Å². The van der Waals surface area contributed by atoms with E-state index in [1.807, 2.05) is 6.92 Å². The van der Waals surface area contributed by atoms with E-state index in [1.54, 1.807) is 4.90 Å². The van der Waals surface area contributed by atoms with Gasteiger partial charge in [0.25, 0.3) is 0 Å². The molecule has 0 radical (unpaired) electrons. The number of hydrogen-bond donors (Lipinski definition) is 1. The van der Waals surface area contributed by atoms with E-state index < -0.39 is 0 Å². The SMILES string of the molecule is C.CCOC(=O)N1CCC(NCCC(CC)N2C(=O)C[C@H]3CCCCC32)C1. The van der Waals surface area contributed by atoms with Crippen molar-refractivity contribution in [2.75, 3.05) is 26.2 Å². The van der Waals surface area contributed by atoms with Crippen LogP contribution < -0.4 is 5.32 Å². The highest BCUT2D eigenvalue weighted by atomic mass is 16.6. The van der Waals surface area contributed by atoms with E-state index in [2.05, 4.69) is 17.1 Å². The Bertz CT molecular complexity index is 499. The minimum atomic E-state index is -0.200. The highest BCUT2D eigenvalue weighted by Gasteiger charge is 2.43. The molecule has 6 nitrogen and oxygen atoms in total. The molecule has 3 fully saturated rings. The topological polar surface area (TPSA) is 61.9 Å². The van der Waals surface area contributed by atoms with Gasteiger partial charge in [-0.3, -0.25) is 4.79 Å². The predicted octanol–water partition coefficient (Wildman–Crippen LogP) is 3.40. The monoisotopic (exact) mass is 381 g/mol. The molecular formula is C21H39N3O3. The maximum Gasteiger partial charge on any atom is 0.409 e. The van der Waals surface area contributed by atoms with Gasteiger partial charge >= 0.3 is 6.09 Å². The molecule has 27 heavy (non-hydrogen) atoms. The molecule has 0 aromatic heterocycles. The van der Waals surface area contributed by atoms with Gasteiger partial charge in [0, 0.05) is 37.6 Å². The van der Waals surface area contributed by atoms with Crippen LogP contribution in [-0.2, 0) is 9.53 Å². The lowest BCUT2D eigenvalue weighted by atomic mass is 9.84. The molecule has 2 amide bonds. The molecule has 1 saturated carbocycles. The summed E-state index contributed by atoms with van der Waals surface area (Å²) in [5, 5.41) is 3.60. The summed E-state index contributed by atoms with van der Waals surface area (Å²) in [7, 11) is 0. The zero-order valence-corrected chi connectivity index (χ0v) is 16.4. The van der Waals surface area contributed by atoms with Crippen LogP contribution in [-0.4, -0.2) is 66.2 Å². The fourth-order valence-electron chi connectivity index (χ4n) is 5.08. The van der Waals surface area contributed by atoms with Crippen LogP contribution in [0, 0.1) is 5.92 Å². The Kier molecular flexibility index (Phi) is 8.39. The van der Waals surface area contributed by atoms with Crippen LogP contribution in [0.4, 0.5) is 4.79 Å². The summed E-state index contributed by atoms with van der Waals surface area (Å²) in [6.45, 7) is 6.86. The fraction of sp³-hybridized carbons (Fsp3) is 0.905. The molecule has 6 heteroatoms. The van der Waals surface area contributed by atoms with Gasteiger partial charge in [0.1, 0.15) is 0 Å². The first-order chi connectivity index (χ1) is 12.6. The van der Waals surface area contributed by atoms with Crippen molar-refractivity contribution in [2.45, 2.75) is 90.8 Å². The molecule has 156 valence electrons. The Balaban J connectivity index is 0.00000261. The van der Waals surface area contributed by atoms with E-state index in [1.165, 1.54) is 25.7 Å². The molecule has 3 unspecified atom stereocenters. The minimum Gasteiger partial charge on any atom is -0.450 e. The Morgan fingerprint density at radius 2 is 2.04 bits per heavy atom. The second kappa shape index (κ2) is 10.3. The lowest BCUT2D eigenvalue weighted by molar-refractivity contribution is -0.131. The van der Waals surface area contributed by atoms with E-state index in [0.29, 0.717) is 36.6 Å². The van der Waals surface area contributed by atoms with Gasteiger partial charge in [-0.1, -0.05) is 27.2 Å². The van der Waals surface area contributed by atoms with Crippen molar-refractivity contribution >= 4 is 12.0 Å². The number of rotatable bonds is 7. The maximum atomic E-state index is 12.6.